The van der Waals surface area contributed by atoms with Crippen LogP contribution in [0.2, 0.25) is 0 Å². The molecule has 0 saturated heterocycles. The zero-order chi connectivity index (χ0) is 15.0. The Balaban J connectivity index is 2.24. The van der Waals surface area contributed by atoms with Crippen LogP contribution in [-0.4, -0.2) is 15.3 Å². The molecule has 1 N–H and O–H groups in total. The summed E-state index contributed by atoms with van der Waals surface area (Å²) in [6.45, 7) is 3.42. The van der Waals surface area contributed by atoms with Crippen molar-refractivity contribution in [2.24, 2.45) is 0 Å². The van der Waals surface area contributed by atoms with Gasteiger partial charge < -0.3 is 5.32 Å². The molecular formula is C16H14FN3O. The van der Waals surface area contributed by atoms with Crippen LogP contribution in [0.4, 0.5) is 10.2 Å². The van der Waals surface area contributed by atoms with Crippen LogP contribution in [0.5, 0.6) is 0 Å². The highest BCUT2D eigenvalue weighted by atomic mass is 19.1. The Hall–Kier alpha value is -2.69. The summed E-state index contributed by atoms with van der Waals surface area (Å²) in [6.07, 6.45) is 1.86. The molecule has 0 saturated carbocycles. The molecule has 106 valence electrons. The van der Waals surface area contributed by atoms with Gasteiger partial charge in [-0.2, -0.15) is 0 Å². The van der Waals surface area contributed by atoms with Gasteiger partial charge in [0.1, 0.15) is 23.0 Å². The van der Waals surface area contributed by atoms with Gasteiger partial charge in [0.25, 0.3) is 0 Å². The lowest BCUT2D eigenvalue weighted by Gasteiger charge is -2.05. The maximum atomic E-state index is 13.1. The molecule has 4 nitrogen and oxygen atoms in total. The summed E-state index contributed by atoms with van der Waals surface area (Å²) in [5.41, 5.74) is 3.18. The molecule has 0 aliphatic rings. The van der Waals surface area contributed by atoms with E-state index in [-0.39, 0.29) is 11.7 Å². The summed E-state index contributed by atoms with van der Waals surface area (Å²) < 4.78 is 14.9. The molecule has 0 aliphatic carbocycles. The number of anilines is 1. The fourth-order valence-corrected chi connectivity index (χ4v) is 2.24. The predicted octanol–water partition coefficient (Wildman–Crippen LogP) is 3.41. The van der Waals surface area contributed by atoms with Crippen molar-refractivity contribution in [2.75, 3.05) is 5.32 Å². The van der Waals surface area contributed by atoms with E-state index in [1.165, 1.54) is 19.1 Å². The number of hydrogen-bond donors (Lipinski definition) is 1. The average molecular weight is 283 g/mol. The first-order valence-corrected chi connectivity index (χ1v) is 6.57. The molecule has 1 aromatic carbocycles. The maximum absolute atomic E-state index is 13.1. The molecule has 0 atom stereocenters. The molecule has 0 bridgehead atoms. The van der Waals surface area contributed by atoms with Crippen LogP contribution in [0.25, 0.3) is 16.9 Å². The second kappa shape index (κ2) is 5.01. The van der Waals surface area contributed by atoms with Crippen LogP contribution in [0, 0.1) is 12.7 Å². The Morgan fingerprint density at radius 3 is 2.62 bits per heavy atom. The third-order valence-corrected chi connectivity index (χ3v) is 3.19. The number of benzene rings is 1. The Morgan fingerprint density at radius 2 is 1.95 bits per heavy atom. The fourth-order valence-electron chi connectivity index (χ4n) is 2.24. The van der Waals surface area contributed by atoms with E-state index in [1.54, 1.807) is 12.1 Å². The molecule has 3 aromatic rings. The molecule has 0 spiro atoms. The van der Waals surface area contributed by atoms with E-state index in [2.05, 4.69) is 10.3 Å². The Kier molecular flexibility index (Phi) is 3.17. The van der Waals surface area contributed by atoms with Gasteiger partial charge in [-0.3, -0.25) is 9.20 Å². The lowest BCUT2D eigenvalue weighted by atomic mass is 10.1. The Labute approximate surface area is 121 Å². The lowest BCUT2D eigenvalue weighted by Crippen LogP contribution is -2.09. The van der Waals surface area contributed by atoms with E-state index < -0.39 is 0 Å². The maximum Gasteiger partial charge on any atom is 0.222 e. The van der Waals surface area contributed by atoms with Crippen molar-refractivity contribution in [1.82, 2.24) is 9.38 Å². The van der Waals surface area contributed by atoms with E-state index in [1.807, 2.05) is 29.7 Å². The number of imidazole rings is 1. The van der Waals surface area contributed by atoms with Gasteiger partial charge in [0.05, 0.1) is 0 Å². The van der Waals surface area contributed by atoms with Crippen molar-refractivity contribution in [2.45, 2.75) is 13.8 Å². The van der Waals surface area contributed by atoms with Crippen LogP contribution < -0.4 is 5.32 Å². The molecule has 5 heteroatoms. The summed E-state index contributed by atoms with van der Waals surface area (Å²) in [5, 5.41) is 2.80. The number of fused-ring (bicyclic) bond motifs is 1. The van der Waals surface area contributed by atoms with Gasteiger partial charge in [-0.05, 0) is 48.9 Å². The van der Waals surface area contributed by atoms with E-state index in [9.17, 15) is 9.18 Å². The number of rotatable bonds is 2. The van der Waals surface area contributed by atoms with Crippen LogP contribution >= 0.6 is 0 Å². The van der Waals surface area contributed by atoms with Crippen molar-refractivity contribution in [3.63, 3.8) is 0 Å². The minimum absolute atomic E-state index is 0.180. The largest absolute Gasteiger partial charge is 0.310 e. The first kappa shape index (κ1) is 13.3. The number of hydrogen-bond acceptors (Lipinski definition) is 2. The molecule has 1 amide bonds. The summed E-state index contributed by atoms with van der Waals surface area (Å²) >= 11 is 0. The highest BCUT2D eigenvalue weighted by Gasteiger charge is 2.15. The highest BCUT2D eigenvalue weighted by molar-refractivity contribution is 5.93. The van der Waals surface area contributed by atoms with Crippen LogP contribution in [0.15, 0.2) is 42.6 Å². The summed E-state index contributed by atoms with van der Waals surface area (Å²) in [7, 11) is 0. The van der Waals surface area contributed by atoms with Crippen molar-refractivity contribution in [3.05, 3.63) is 54.0 Å². The monoisotopic (exact) mass is 283 g/mol. The Morgan fingerprint density at radius 1 is 1.24 bits per heavy atom. The van der Waals surface area contributed by atoms with Gasteiger partial charge in [0.15, 0.2) is 0 Å². The minimum atomic E-state index is -0.306. The van der Waals surface area contributed by atoms with Crippen molar-refractivity contribution < 1.29 is 9.18 Å². The molecule has 21 heavy (non-hydrogen) atoms. The highest BCUT2D eigenvalue weighted by Crippen LogP contribution is 2.29. The van der Waals surface area contributed by atoms with E-state index >= 15 is 0 Å². The van der Waals surface area contributed by atoms with E-state index in [0.29, 0.717) is 11.5 Å². The topological polar surface area (TPSA) is 46.4 Å². The van der Waals surface area contributed by atoms with Gasteiger partial charge in [-0.25, -0.2) is 9.37 Å². The minimum Gasteiger partial charge on any atom is -0.310 e. The van der Waals surface area contributed by atoms with Gasteiger partial charge in [-0.1, -0.05) is 0 Å². The molecule has 2 aromatic heterocycles. The van der Waals surface area contributed by atoms with Crippen LogP contribution in [-0.2, 0) is 4.79 Å². The zero-order valence-electron chi connectivity index (χ0n) is 11.7. The predicted molar refractivity (Wildman–Crippen MR) is 79.6 cm³/mol. The average Bonchev–Trinajstić information content (AvgIpc) is 2.77. The number of carbonyl (C=O) groups excluding carboxylic acids is 1. The number of carbonyl (C=O) groups is 1. The third kappa shape index (κ3) is 2.50. The van der Waals surface area contributed by atoms with E-state index in [0.717, 1.165) is 16.8 Å². The van der Waals surface area contributed by atoms with Crippen molar-refractivity contribution >= 4 is 17.4 Å². The Bertz CT molecular complexity index is 821. The summed E-state index contributed by atoms with van der Waals surface area (Å²) in [6, 6.07) is 9.92. The van der Waals surface area contributed by atoms with Gasteiger partial charge in [0.2, 0.25) is 5.91 Å². The van der Waals surface area contributed by atoms with Crippen LogP contribution in [0.1, 0.15) is 12.5 Å². The SMILES string of the molecule is CC(=O)Nc1c(-c2ccc(F)cc2)nc2cc(C)ccn12. The zero-order valence-corrected chi connectivity index (χ0v) is 11.7. The second-order valence-electron chi connectivity index (χ2n) is 4.93. The first-order valence-electron chi connectivity index (χ1n) is 6.57. The molecule has 3 rings (SSSR count). The van der Waals surface area contributed by atoms with Gasteiger partial charge >= 0.3 is 0 Å². The van der Waals surface area contributed by atoms with Gasteiger partial charge in [0, 0.05) is 18.7 Å². The normalized spacial score (nSPS) is 10.8. The quantitative estimate of drug-likeness (QED) is 0.783. The molecule has 0 fully saturated rings. The molecular weight excluding hydrogens is 269 g/mol. The number of nitrogens with one attached hydrogen (secondary N) is 1. The van der Waals surface area contributed by atoms with Crippen LogP contribution in [0.3, 0.4) is 0 Å². The first-order chi connectivity index (χ1) is 10.0. The van der Waals surface area contributed by atoms with Gasteiger partial charge in [-0.15, -0.1) is 0 Å². The standard InChI is InChI=1S/C16H14FN3O/c1-10-7-8-20-14(9-10)19-15(16(20)18-11(2)21)12-3-5-13(17)6-4-12/h3-9H,1-2H3,(H,18,21). The smallest absolute Gasteiger partial charge is 0.222 e. The number of aryl methyl sites for hydroxylation is 1. The summed E-state index contributed by atoms with van der Waals surface area (Å²) in [5.74, 6) is 0.101. The number of pyridine rings is 1. The number of nitrogens with zero attached hydrogens (tertiary/aromatic N) is 2. The van der Waals surface area contributed by atoms with Crippen molar-refractivity contribution in [3.8, 4) is 11.3 Å². The van der Waals surface area contributed by atoms with Crippen molar-refractivity contribution in [1.29, 1.82) is 0 Å². The second-order valence-corrected chi connectivity index (χ2v) is 4.93. The number of amides is 1. The molecule has 0 radical (unpaired) electrons. The lowest BCUT2D eigenvalue weighted by molar-refractivity contribution is -0.114. The third-order valence-electron chi connectivity index (χ3n) is 3.19. The molecule has 0 unspecified atom stereocenters. The number of halogens is 1. The number of aromatic nitrogens is 2. The fraction of sp³-hybridized carbons (Fsp3) is 0.125. The molecule has 0 aliphatic heterocycles. The summed E-state index contributed by atoms with van der Waals surface area (Å²) in [4.78, 5) is 16.0. The van der Waals surface area contributed by atoms with E-state index in [4.69, 9.17) is 0 Å². The molecule has 2 heterocycles.